The molecule has 0 aromatic heterocycles. The van der Waals surface area contributed by atoms with Gasteiger partial charge in [0, 0.05) is 12.1 Å². The molecular weight excluding hydrogens is 404 g/mol. The Hall–Kier alpha value is -2.58. The van der Waals surface area contributed by atoms with E-state index < -0.39 is 24.0 Å². The van der Waals surface area contributed by atoms with Crippen LogP contribution in [0.5, 0.6) is 11.5 Å². The summed E-state index contributed by atoms with van der Waals surface area (Å²) in [6.07, 6.45) is 0.422. The Kier molecular flexibility index (Phi) is 10.8. The van der Waals surface area contributed by atoms with Gasteiger partial charge in [-0.05, 0) is 48.2 Å². The number of carboxylic acids is 2. The predicted octanol–water partition coefficient (Wildman–Crippen LogP) is -1.98. The molecule has 0 fully saturated rings. The number of aliphatic carboxylic acids is 2. The summed E-state index contributed by atoms with van der Waals surface area (Å²) >= 11 is 0. The first kappa shape index (κ1) is 24.4. The zero-order valence-corrected chi connectivity index (χ0v) is 15.1. The first-order valence-corrected chi connectivity index (χ1v) is 7.67. The van der Waals surface area contributed by atoms with Crippen molar-refractivity contribution in [3.63, 3.8) is 0 Å². The SMILES string of the molecule is NC(Cc1ccc(O)cc1)C(=O)[O-].NC(Cc1ccc(O)cc1)C(=O)[O-].[Cu+2]. The monoisotopic (exact) mass is 423 g/mol. The number of carboxylic acid groups (broad SMARTS) is 2. The van der Waals surface area contributed by atoms with Crippen LogP contribution in [0.2, 0.25) is 0 Å². The zero-order valence-electron chi connectivity index (χ0n) is 14.2. The van der Waals surface area contributed by atoms with E-state index in [1.54, 1.807) is 24.3 Å². The summed E-state index contributed by atoms with van der Waals surface area (Å²) in [7, 11) is 0. The van der Waals surface area contributed by atoms with Gasteiger partial charge in [0.05, 0.1) is 11.9 Å². The molecule has 8 nitrogen and oxygen atoms in total. The molecule has 9 heteroatoms. The molecule has 0 saturated carbocycles. The van der Waals surface area contributed by atoms with Gasteiger partial charge >= 0.3 is 17.1 Å². The van der Waals surface area contributed by atoms with Crippen molar-refractivity contribution in [2.45, 2.75) is 24.9 Å². The number of benzene rings is 2. The Bertz CT molecular complexity index is 658. The molecule has 2 unspecified atom stereocenters. The maximum atomic E-state index is 10.3. The fraction of sp³-hybridized carbons (Fsp3) is 0.222. The first-order chi connectivity index (χ1) is 12.2. The first-order valence-electron chi connectivity index (χ1n) is 7.67. The average molecular weight is 424 g/mol. The second-order valence-electron chi connectivity index (χ2n) is 5.59. The van der Waals surface area contributed by atoms with Crippen molar-refractivity contribution in [2.24, 2.45) is 11.5 Å². The Balaban J connectivity index is 0.000000483. The van der Waals surface area contributed by atoms with Crippen molar-refractivity contribution < 1.29 is 47.1 Å². The molecule has 1 radical (unpaired) electrons. The molecule has 0 saturated heterocycles. The molecule has 2 rings (SSSR count). The van der Waals surface area contributed by atoms with Crippen LogP contribution in [-0.2, 0) is 39.5 Å². The molecule has 0 bridgehead atoms. The minimum atomic E-state index is -1.27. The van der Waals surface area contributed by atoms with Crippen molar-refractivity contribution in [1.29, 1.82) is 0 Å². The summed E-state index contributed by atoms with van der Waals surface area (Å²) in [6, 6.07) is 10.4. The van der Waals surface area contributed by atoms with Crippen molar-refractivity contribution >= 4 is 11.9 Å². The van der Waals surface area contributed by atoms with Gasteiger partial charge in [0.25, 0.3) is 0 Å². The fourth-order valence-corrected chi connectivity index (χ4v) is 1.94. The summed E-state index contributed by atoms with van der Waals surface area (Å²) in [5.74, 6) is -2.25. The second-order valence-corrected chi connectivity index (χ2v) is 5.59. The van der Waals surface area contributed by atoms with Crippen LogP contribution in [0.3, 0.4) is 0 Å². The molecule has 0 amide bonds. The third kappa shape index (κ3) is 9.62. The van der Waals surface area contributed by atoms with Crippen LogP contribution in [0.4, 0.5) is 0 Å². The third-order valence-corrected chi connectivity index (χ3v) is 3.39. The van der Waals surface area contributed by atoms with Gasteiger partial charge in [-0.25, -0.2) is 0 Å². The molecule has 2 atom stereocenters. The molecule has 6 N–H and O–H groups in total. The van der Waals surface area contributed by atoms with E-state index in [0.29, 0.717) is 0 Å². The number of nitrogens with two attached hydrogens (primary N) is 2. The number of phenolic OH excluding ortho intramolecular Hbond substituents is 2. The minimum absolute atomic E-state index is 0. The maximum absolute atomic E-state index is 10.3. The largest absolute Gasteiger partial charge is 2.00 e. The van der Waals surface area contributed by atoms with Crippen LogP contribution in [0, 0.1) is 0 Å². The van der Waals surface area contributed by atoms with E-state index in [1.165, 1.54) is 24.3 Å². The van der Waals surface area contributed by atoms with E-state index in [1.807, 2.05) is 0 Å². The number of rotatable bonds is 6. The number of hydrogen-bond acceptors (Lipinski definition) is 8. The Morgan fingerprint density at radius 3 is 1.22 bits per heavy atom. The summed E-state index contributed by atoms with van der Waals surface area (Å²) in [4.78, 5) is 20.6. The summed E-state index contributed by atoms with van der Waals surface area (Å²) in [6.45, 7) is 0. The molecule has 0 aliphatic carbocycles. The van der Waals surface area contributed by atoms with E-state index >= 15 is 0 Å². The van der Waals surface area contributed by atoms with E-state index in [9.17, 15) is 19.8 Å². The quantitative estimate of drug-likeness (QED) is 0.387. The van der Waals surface area contributed by atoms with Gasteiger partial charge in [-0.3, -0.25) is 0 Å². The maximum Gasteiger partial charge on any atom is 2.00 e. The van der Waals surface area contributed by atoms with Crippen LogP contribution >= 0.6 is 0 Å². The van der Waals surface area contributed by atoms with Gasteiger partial charge in [0.2, 0.25) is 0 Å². The molecule has 2 aromatic rings. The Morgan fingerprint density at radius 2 is 1.00 bits per heavy atom. The molecule has 27 heavy (non-hydrogen) atoms. The molecule has 0 aliphatic heterocycles. The topological polar surface area (TPSA) is 173 Å². The smallest absolute Gasteiger partial charge is 0.548 e. The van der Waals surface area contributed by atoms with Crippen LogP contribution < -0.4 is 21.7 Å². The molecular formula is C18H20CuN2O6. The number of aromatic hydroxyl groups is 2. The summed E-state index contributed by atoms with van der Waals surface area (Å²) in [5, 5.41) is 38.5. The Labute approximate surface area is 166 Å². The van der Waals surface area contributed by atoms with Crippen molar-refractivity contribution in [2.75, 3.05) is 0 Å². The molecule has 0 spiro atoms. The fourth-order valence-electron chi connectivity index (χ4n) is 1.94. The Morgan fingerprint density at radius 1 is 0.741 bits per heavy atom. The summed E-state index contributed by atoms with van der Waals surface area (Å²) in [5.41, 5.74) is 12.0. The van der Waals surface area contributed by atoms with Crippen LogP contribution in [0.25, 0.3) is 0 Å². The number of phenols is 2. The normalized spacial score (nSPS) is 11.9. The van der Waals surface area contributed by atoms with Crippen molar-refractivity contribution in [3.8, 4) is 11.5 Å². The molecule has 2 aromatic carbocycles. The van der Waals surface area contributed by atoms with E-state index in [-0.39, 0.29) is 41.4 Å². The van der Waals surface area contributed by atoms with Crippen molar-refractivity contribution in [1.82, 2.24) is 0 Å². The van der Waals surface area contributed by atoms with E-state index in [2.05, 4.69) is 0 Å². The molecule has 0 heterocycles. The van der Waals surface area contributed by atoms with Gasteiger partial charge < -0.3 is 41.5 Å². The average Bonchev–Trinajstić information content (AvgIpc) is 2.59. The van der Waals surface area contributed by atoms with E-state index in [4.69, 9.17) is 21.7 Å². The standard InChI is InChI=1S/2C9H11NO3.Cu/c2*10-8(9(12)13)5-6-1-3-7(11)4-2-6;/h2*1-4,8,11H,5,10H2,(H,12,13);/q;;+2/p-2. The summed E-state index contributed by atoms with van der Waals surface area (Å²) < 4.78 is 0. The van der Waals surface area contributed by atoms with Crippen LogP contribution in [0.1, 0.15) is 11.1 Å². The van der Waals surface area contributed by atoms with Gasteiger partial charge in [-0.2, -0.15) is 0 Å². The number of hydrogen-bond donors (Lipinski definition) is 4. The number of carbonyl (C=O) groups excluding carboxylic acids is 2. The third-order valence-electron chi connectivity index (χ3n) is 3.39. The van der Waals surface area contributed by atoms with Gasteiger partial charge in [0.1, 0.15) is 11.5 Å². The van der Waals surface area contributed by atoms with Gasteiger partial charge in [0.15, 0.2) is 0 Å². The molecule has 0 aliphatic rings. The number of carbonyl (C=O) groups is 2. The van der Waals surface area contributed by atoms with Crippen LogP contribution in [-0.4, -0.2) is 34.2 Å². The van der Waals surface area contributed by atoms with Gasteiger partial charge in [-0.15, -0.1) is 0 Å². The zero-order chi connectivity index (χ0) is 19.7. The van der Waals surface area contributed by atoms with Crippen LogP contribution in [0.15, 0.2) is 48.5 Å². The minimum Gasteiger partial charge on any atom is -0.548 e. The molecule has 149 valence electrons. The van der Waals surface area contributed by atoms with E-state index in [0.717, 1.165) is 11.1 Å². The second kappa shape index (κ2) is 11.9. The van der Waals surface area contributed by atoms with Crippen molar-refractivity contribution in [3.05, 3.63) is 59.7 Å². The van der Waals surface area contributed by atoms with Gasteiger partial charge in [-0.1, -0.05) is 24.3 Å². The predicted molar refractivity (Wildman–Crippen MR) is 89.6 cm³/mol.